The van der Waals surface area contributed by atoms with E-state index in [1.807, 2.05) is 6.07 Å². The minimum atomic E-state index is -0.547. The molecule has 2 aromatic carbocycles. The van der Waals surface area contributed by atoms with Crippen molar-refractivity contribution in [1.29, 1.82) is 0 Å². The van der Waals surface area contributed by atoms with E-state index in [-0.39, 0.29) is 12.2 Å². The highest BCUT2D eigenvalue weighted by Crippen LogP contribution is 2.23. The van der Waals surface area contributed by atoms with Gasteiger partial charge in [0, 0.05) is 21.5 Å². The van der Waals surface area contributed by atoms with Gasteiger partial charge in [0.1, 0.15) is 12.2 Å². The topological polar surface area (TPSA) is 56.5 Å². The van der Waals surface area contributed by atoms with Crippen molar-refractivity contribution in [1.82, 2.24) is 0 Å². The van der Waals surface area contributed by atoms with E-state index < -0.39 is 11.6 Å². The van der Waals surface area contributed by atoms with Gasteiger partial charge in [0.2, 0.25) is 0 Å². The zero-order valence-electron chi connectivity index (χ0n) is 11.7. The lowest BCUT2D eigenvalue weighted by atomic mass is 10.1. The first-order valence-corrected chi connectivity index (χ1v) is 7.85. The van der Waals surface area contributed by atoms with Crippen molar-refractivity contribution in [2.24, 2.45) is 0 Å². The number of benzene rings is 2. The molecule has 6 heteroatoms. The number of fused-ring (bicyclic) bond motifs is 1. The van der Waals surface area contributed by atoms with Gasteiger partial charge in [-0.05, 0) is 30.3 Å². The third-order valence-electron chi connectivity index (χ3n) is 3.24. The van der Waals surface area contributed by atoms with Crippen LogP contribution in [0.1, 0.15) is 15.9 Å². The van der Waals surface area contributed by atoms with Crippen LogP contribution in [0.2, 0.25) is 5.02 Å². The summed E-state index contributed by atoms with van der Waals surface area (Å²) in [6.07, 6.45) is 0. The Hall–Kier alpha value is -2.11. The number of halogens is 2. The summed E-state index contributed by atoms with van der Waals surface area (Å²) >= 11 is 9.29. The molecule has 0 unspecified atom stereocenters. The van der Waals surface area contributed by atoms with Crippen LogP contribution in [-0.4, -0.2) is 5.97 Å². The number of carbonyl (C=O) groups excluding carboxylic acids is 1. The van der Waals surface area contributed by atoms with E-state index in [1.165, 1.54) is 6.07 Å². The zero-order chi connectivity index (χ0) is 16.4. The predicted octanol–water partition coefficient (Wildman–Crippen LogP) is 4.57. The molecule has 3 aromatic rings. The molecular weight excluding hydrogens is 384 g/mol. The van der Waals surface area contributed by atoms with Crippen LogP contribution in [0.25, 0.3) is 11.0 Å². The number of rotatable bonds is 3. The molecule has 0 N–H and O–H groups in total. The Labute approximate surface area is 144 Å². The van der Waals surface area contributed by atoms with E-state index in [0.717, 1.165) is 4.47 Å². The van der Waals surface area contributed by atoms with Crippen molar-refractivity contribution in [3.8, 4) is 0 Å². The molecule has 0 atom stereocenters. The molecule has 0 spiro atoms. The Balaban J connectivity index is 1.89. The van der Waals surface area contributed by atoms with Crippen molar-refractivity contribution in [3.05, 3.63) is 79.6 Å². The van der Waals surface area contributed by atoms with Crippen LogP contribution in [0.4, 0.5) is 0 Å². The molecule has 0 saturated carbocycles. The average Bonchev–Trinajstić information content (AvgIpc) is 2.52. The summed E-state index contributed by atoms with van der Waals surface area (Å²) in [6, 6.07) is 13.2. The Morgan fingerprint density at radius 2 is 1.96 bits per heavy atom. The first-order chi connectivity index (χ1) is 11.0. The summed E-state index contributed by atoms with van der Waals surface area (Å²) in [4.78, 5) is 23.7. The molecule has 0 aliphatic rings. The lowest BCUT2D eigenvalue weighted by Crippen LogP contribution is -2.08. The third kappa shape index (κ3) is 3.46. The summed E-state index contributed by atoms with van der Waals surface area (Å²) in [5.41, 5.74) is 0.781. The second kappa shape index (κ2) is 6.56. The van der Waals surface area contributed by atoms with Crippen LogP contribution in [0.15, 0.2) is 62.2 Å². The molecular formula is C17H10BrClO4. The lowest BCUT2D eigenvalue weighted by molar-refractivity contribution is 0.0474. The van der Waals surface area contributed by atoms with Gasteiger partial charge in [-0.1, -0.05) is 39.7 Å². The van der Waals surface area contributed by atoms with Crippen LogP contribution in [-0.2, 0) is 11.3 Å². The predicted molar refractivity (Wildman–Crippen MR) is 90.8 cm³/mol. The maximum atomic E-state index is 12.1. The van der Waals surface area contributed by atoms with E-state index in [2.05, 4.69) is 15.9 Å². The summed E-state index contributed by atoms with van der Waals surface area (Å²) in [6.45, 7) is -0.0478. The average molecular weight is 394 g/mol. The van der Waals surface area contributed by atoms with E-state index >= 15 is 0 Å². The van der Waals surface area contributed by atoms with E-state index in [1.54, 1.807) is 36.4 Å². The molecule has 0 aliphatic heterocycles. The summed E-state index contributed by atoms with van der Waals surface area (Å²) < 4.78 is 11.2. The van der Waals surface area contributed by atoms with Gasteiger partial charge < -0.3 is 9.15 Å². The van der Waals surface area contributed by atoms with Gasteiger partial charge in [-0.15, -0.1) is 0 Å². The fourth-order valence-electron chi connectivity index (χ4n) is 2.17. The number of carbonyl (C=O) groups is 1. The van der Waals surface area contributed by atoms with Crippen molar-refractivity contribution >= 4 is 44.5 Å². The molecule has 0 amide bonds. The number of hydrogen-bond acceptors (Lipinski definition) is 4. The van der Waals surface area contributed by atoms with Crippen molar-refractivity contribution in [3.63, 3.8) is 0 Å². The van der Waals surface area contributed by atoms with Crippen LogP contribution >= 0.6 is 27.5 Å². The first-order valence-electron chi connectivity index (χ1n) is 6.68. The maximum Gasteiger partial charge on any atom is 0.339 e. The Bertz CT molecular complexity index is 949. The van der Waals surface area contributed by atoms with E-state index in [4.69, 9.17) is 20.8 Å². The standard InChI is InChI=1S/C17H10BrClO4/c18-11-5-6-12-10(7-16(20)23-15(12)8-11)9-22-17(21)13-3-1-2-4-14(13)19/h1-8H,9H2. The van der Waals surface area contributed by atoms with E-state index in [0.29, 0.717) is 21.6 Å². The van der Waals surface area contributed by atoms with Crippen molar-refractivity contribution < 1.29 is 13.9 Å². The minimum Gasteiger partial charge on any atom is -0.457 e. The molecule has 0 aliphatic carbocycles. The quantitative estimate of drug-likeness (QED) is 0.483. The third-order valence-corrected chi connectivity index (χ3v) is 4.07. The highest BCUT2D eigenvalue weighted by molar-refractivity contribution is 9.10. The van der Waals surface area contributed by atoms with Crippen molar-refractivity contribution in [2.75, 3.05) is 0 Å². The molecule has 0 bridgehead atoms. The molecule has 0 radical (unpaired) electrons. The highest BCUT2D eigenvalue weighted by Gasteiger charge is 2.13. The van der Waals surface area contributed by atoms with Crippen molar-refractivity contribution in [2.45, 2.75) is 6.61 Å². The second-order valence-corrected chi connectivity index (χ2v) is 6.11. The largest absolute Gasteiger partial charge is 0.457 e. The van der Waals surface area contributed by atoms with Crippen LogP contribution in [0.3, 0.4) is 0 Å². The number of ether oxygens (including phenoxy) is 1. The summed E-state index contributed by atoms with van der Waals surface area (Å²) in [7, 11) is 0. The molecule has 1 aromatic heterocycles. The molecule has 0 saturated heterocycles. The Morgan fingerprint density at radius 3 is 2.74 bits per heavy atom. The molecule has 1 heterocycles. The Kier molecular flexibility index (Phi) is 4.50. The minimum absolute atomic E-state index is 0.0478. The van der Waals surface area contributed by atoms with Gasteiger partial charge in [-0.25, -0.2) is 9.59 Å². The number of esters is 1. The molecule has 0 fully saturated rings. The van der Waals surface area contributed by atoms with Gasteiger partial charge in [-0.2, -0.15) is 0 Å². The van der Waals surface area contributed by atoms with Crippen LogP contribution in [0.5, 0.6) is 0 Å². The molecule has 23 heavy (non-hydrogen) atoms. The Morgan fingerprint density at radius 1 is 1.17 bits per heavy atom. The fourth-order valence-corrected chi connectivity index (χ4v) is 2.72. The van der Waals surface area contributed by atoms with Crippen LogP contribution in [0, 0.1) is 0 Å². The summed E-state index contributed by atoms with van der Waals surface area (Å²) in [5, 5.41) is 1.03. The summed E-state index contributed by atoms with van der Waals surface area (Å²) in [5.74, 6) is -0.547. The van der Waals surface area contributed by atoms with Gasteiger partial charge in [0.05, 0.1) is 10.6 Å². The zero-order valence-corrected chi connectivity index (χ0v) is 14.1. The fraction of sp³-hybridized carbons (Fsp3) is 0.0588. The van der Waals surface area contributed by atoms with E-state index in [9.17, 15) is 9.59 Å². The SMILES string of the molecule is O=C(OCc1cc(=O)oc2cc(Br)ccc12)c1ccccc1Cl. The van der Waals surface area contributed by atoms with Gasteiger partial charge >= 0.3 is 11.6 Å². The molecule has 116 valence electrons. The van der Waals surface area contributed by atoms with Gasteiger partial charge in [0.25, 0.3) is 0 Å². The molecule has 4 nitrogen and oxygen atoms in total. The maximum absolute atomic E-state index is 12.1. The molecule has 3 rings (SSSR count). The number of hydrogen-bond donors (Lipinski definition) is 0. The highest BCUT2D eigenvalue weighted by atomic mass is 79.9. The monoisotopic (exact) mass is 392 g/mol. The van der Waals surface area contributed by atoms with Crippen LogP contribution < -0.4 is 5.63 Å². The normalized spacial score (nSPS) is 10.7. The lowest BCUT2D eigenvalue weighted by Gasteiger charge is -2.08. The van der Waals surface area contributed by atoms with Gasteiger partial charge in [-0.3, -0.25) is 0 Å². The first kappa shape index (κ1) is 15.8. The second-order valence-electron chi connectivity index (χ2n) is 4.79. The van der Waals surface area contributed by atoms with Gasteiger partial charge in [0.15, 0.2) is 0 Å². The smallest absolute Gasteiger partial charge is 0.339 e.